The Balaban J connectivity index is 1.01. The predicted molar refractivity (Wildman–Crippen MR) is 299 cm³/mol. The van der Waals surface area contributed by atoms with Crippen LogP contribution < -0.4 is 20.7 Å². The van der Waals surface area contributed by atoms with E-state index in [4.69, 9.17) is 0 Å². The third kappa shape index (κ3) is 5.92. The largest absolute Gasteiger partial charge is 0.309 e. The van der Waals surface area contributed by atoms with Crippen molar-refractivity contribution in [2.45, 2.75) is 6.85 Å². The Labute approximate surface area is 412 Å². The van der Waals surface area contributed by atoms with Gasteiger partial charge in [-0.25, -0.2) is 0 Å². The summed E-state index contributed by atoms with van der Waals surface area (Å²) in [5, 5.41) is 9.81. The zero-order valence-electron chi connectivity index (χ0n) is 41.2. The van der Waals surface area contributed by atoms with Crippen molar-refractivity contribution in [3.63, 3.8) is 0 Å². The van der Waals surface area contributed by atoms with E-state index in [1.165, 1.54) is 31.5 Å². The van der Waals surface area contributed by atoms with E-state index >= 15 is 0 Å². The van der Waals surface area contributed by atoms with Crippen molar-refractivity contribution >= 4 is 72.4 Å². The molecule has 0 N–H and O–H groups in total. The van der Waals surface area contributed by atoms with Gasteiger partial charge in [-0.1, -0.05) is 212 Å². The first kappa shape index (κ1) is 37.2. The minimum Gasteiger partial charge on any atom is -0.309 e. The Bertz CT molecular complexity index is 4210. The molecule has 0 radical (unpaired) electrons. The number of aryl methyl sites for hydroxylation is 1. The van der Waals surface area contributed by atoms with Crippen LogP contribution in [0, 0.1) is 6.85 Å². The van der Waals surface area contributed by atoms with E-state index in [0.29, 0.717) is 11.3 Å². The van der Waals surface area contributed by atoms with Crippen LogP contribution >= 0.6 is 0 Å². The van der Waals surface area contributed by atoms with Gasteiger partial charge in [0.1, 0.15) is 0 Å². The summed E-state index contributed by atoms with van der Waals surface area (Å²) in [5.74, 6) is 0. The number of hydrogen-bond acceptors (Lipinski definition) is 0. The van der Waals surface area contributed by atoms with Gasteiger partial charge in [-0.3, -0.25) is 0 Å². The topological polar surface area (TPSA) is 9.86 Å². The summed E-state index contributed by atoms with van der Waals surface area (Å²) < 4.78 is 32.2. The zero-order valence-corrected chi connectivity index (χ0v) is 39.2. The standard InChI is InChI=1S/C67H46N2Si/c1-45-41-59-55-31-15-13-29-53(55)51-27-11-12-28-52(51)54-30-14-16-32-56(54)60(59)44-67(45)69-64-36-20-18-33-57(64)61-42-46(37-39-66(61)69)68-63-35-19-17-34-58(63)62-43-50(38-40-65(62)68)70(47-21-5-2-6-22-47,48-23-7-3-8-24-48)49-25-9-4-10-26-49/h2-44H,1H3/i1D3. The summed E-state index contributed by atoms with van der Waals surface area (Å²) >= 11 is 0. The molecule has 14 rings (SSSR count). The maximum atomic E-state index is 9.20. The molecule has 2 heterocycles. The number of benzene rings is 11. The van der Waals surface area contributed by atoms with Crippen molar-refractivity contribution in [1.82, 2.24) is 9.13 Å². The first-order valence-electron chi connectivity index (χ1n) is 25.6. The van der Waals surface area contributed by atoms with Gasteiger partial charge >= 0.3 is 0 Å². The third-order valence-electron chi connectivity index (χ3n) is 15.0. The van der Waals surface area contributed by atoms with Gasteiger partial charge < -0.3 is 9.13 Å². The highest BCUT2D eigenvalue weighted by atomic mass is 28.3. The fourth-order valence-electron chi connectivity index (χ4n) is 12.0. The molecule has 2 nitrogen and oxygen atoms in total. The number of rotatable bonds is 6. The van der Waals surface area contributed by atoms with E-state index in [1.54, 1.807) is 0 Å². The molecule has 1 aliphatic carbocycles. The molecule has 70 heavy (non-hydrogen) atoms. The van der Waals surface area contributed by atoms with Gasteiger partial charge in [0.25, 0.3) is 0 Å². The van der Waals surface area contributed by atoms with Gasteiger partial charge in [0.15, 0.2) is 8.07 Å². The van der Waals surface area contributed by atoms with Crippen molar-refractivity contribution < 1.29 is 4.11 Å². The van der Waals surface area contributed by atoms with Crippen LogP contribution in [-0.4, -0.2) is 17.2 Å². The Morgan fingerprint density at radius 1 is 0.286 bits per heavy atom. The number of fused-ring (bicyclic) bond motifs is 14. The lowest BCUT2D eigenvalue weighted by Crippen LogP contribution is -2.74. The van der Waals surface area contributed by atoms with Gasteiger partial charge in [-0.05, 0) is 126 Å². The molecule has 13 aromatic rings. The van der Waals surface area contributed by atoms with Crippen LogP contribution in [0.2, 0.25) is 0 Å². The first-order chi connectivity index (χ1) is 35.9. The van der Waals surface area contributed by atoms with E-state index in [0.717, 1.165) is 83.0 Å². The molecule has 0 unspecified atom stereocenters. The van der Waals surface area contributed by atoms with Gasteiger partial charge in [-0.15, -0.1) is 0 Å². The van der Waals surface area contributed by atoms with Crippen molar-refractivity contribution in [2.75, 3.05) is 0 Å². The molecule has 0 saturated carbocycles. The lowest BCUT2D eigenvalue weighted by atomic mass is 9.80. The second-order valence-electron chi connectivity index (χ2n) is 18.5. The molecule has 0 atom stereocenters. The quantitative estimate of drug-likeness (QED) is 0.116. The highest BCUT2D eigenvalue weighted by molar-refractivity contribution is 7.20. The maximum Gasteiger partial charge on any atom is 0.179 e. The van der Waals surface area contributed by atoms with Crippen LogP contribution in [0.4, 0.5) is 0 Å². The second kappa shape index (κ2) is 15.9. The Hall–Kier alpha value is -8.76. The maximum absolute atomic E-state index is 9.20. The molecule has 3 heteroatoms. The predicted octanol–water partition coefficient (Wildman–Crippen LogP) is 14.5. The lowest BCUT2D eigenvalue weighted by molar-refractivity contribution is 1.14. The smallest absolute Gasteiger partial charge is 0.179 e. The van der Waals surface area contributed by atoms with Crippen molar-refractivity contribution in [3.05, 3.63) is 266 Å². The fraction of sp³-hybridized carbons (Fsp3) is 0.0149. The Morgan fingerprint density at radius 2 is 0.671 bits per heavy atom. The molecule has 0 spiro atoms. The normalized spacial score (nSPS) is 12.9. The molecule has 0 bridgehead atoms. The molecular formula is C67H46N2Si. The highest BCUT2D eigenvalue weighted by Crippen LogP contribution is 2.49. The monoisotopic (exact) mass is 909 g/mol. The van der Waals surface area contributed by atoms with Crippen molar-refractivity contribution in [3.8, 4) is 55.9 Å². The SMILES string of the molecule is [2H]C([2H])([2H])c1cc2c(cc1-n1c3ccccc3c3cc(-n4c5ccccc5c5cc([Si](c6ccccc6)(c6ccccc6)c6ccccc6)ccc54)ccc31)-c1ccccc1-c1ccccc1-c1ccccc1-2. The lowest BCUT2D eigenvalue weighted by Gasteiger charge is -2.34. The summed E-state index contributed by atoms with van der Waals surface area (Å²) in [7, 11) is -2.81. The molecule has 0 fully saturated rings. The first-order valence-corrected chi connectivity index (χ1v) is 26.1. The van der Waals surface area contributed by atoms with Gasteiger partial charge in [0.2, 0.25) is 0 Å². The number of aromatic nitrogens is 2. The van der Waals surface area contributed by atoms with Crippen molar-refractivity contribution in [2.24, 2.45) is 0 Å². The molecule has 0 aliphatic heterocycles. The van der Waals surface area contributed by atoms with Crippen LogP contribution in [0.15, 0.2) is 261 Å². The van der Waals surface area contributed by atoms with Gasteiger partial charge in [0, 0.05) is 37.0 Å². The average molecular weight is 910 g/mol. The second-order valence-corrected chi connectivity index (χ2v) is 22.3. The molecule has 11 aromatic carbocycles. The average Bonchev–Trinajstić information content (AvgIpc) is 3.96. The number of nitrogens with zero attached hydrogens (tertiary/aromatic N) is 2. The summed E-state index contributed by atoms with van der Waals surface area (Å²) in [6.45, 7) is -2.43. The molecule has 328 valence electrons. The summed E-state index contributed by atoms with van der Waals surface area (Å²) in [6, 6.07) is 94.0. The zero-order chi connectivity index (χ0) is 48.8. The van der Waals surface area contributed by atoms with E-state index in [2.05, 4.69) is 264 Å². The van der Waals surface area contributed by atoms with Gasteiger partial charge in [-0.2, -0.15) is 0 Å². The molecule has 2 aromatic heterocycles. The van der Waals surface area contributed by atoms with Gasteiger partial charge in [0.05, 0.1) is 22.1 Å². The minimum atomic E-state index is -2.81. The fourth-order valence-corrected chi connectivity index (χ4v) is 16.8. The summed E-state index contributed by atoms with van der Waals surface area (Å²) in [6.07, 6.45) is 0. The summed E-state index contributed by atoms with van der Waals surface area (Å²) in [5.41, 5.74) is 14.5. The highest BCUT2D eigenvalue weighted by Gasteiger charge is 2.41. The van der Waals surface area contributed by atoms with E-state index in [9.17, 15) is 4.11 Å². The molecule has 1 aliphatic rings. The summed E-state index contributed by atoms with van der Waals surface area (Å²) in [4.78, 5) is 0. The van der Waals surface area contributed by atoms with Crippen LogP contribution in [-0.2, 0) is 0 Å². The Kier molecular flexibility index (Phi) is 8.47. The van der Waals surface area contributed by atoms with Crippen LogP contribution in [0.25, 0.3) is 99.5 Å². The number of hydrogen-bond donors (Lipinski definition) is 0. The van der Waals surface area contributed by atoms with E-state index in [1.807, 2.05) is 6.07 Å². The molecular weight excluding hydrogens is 861 g/mol. The number of para-hydroxylation sites is 2. The third-order valence-corrected chi connectivity index (χ3v) is 19.7. The molecule has 0 amide bonds. The van der Waals surface area contributed by atoms with Crippen LogP contribution in [0.5, 0.6) is 0 Å². The minimum absolute atomic E-state index is 0.304. The van der Waals surface area contributed by atoms with Crippen LogP contribution in [0.1, 0.15) is 9.68 Å². The molecule has 0 saturated heterocycles. The Morgan fingerprint density at radius 3 is 1.19 bits per heavy atom. The van der Waals surface area contributed by atoms with E-state index < -0.39 is 14.9 Å². The van der Waals surface area contributed by atoms with Crippen molar-refractivity contribution in [1.29, 1.82) is 0 Å². The van der Waals surface area contributed by atoms with Crippen LogP contribution in [0.3, 0.4) is 0 Å². The van der Waals surface area contributed by atoms with E-state index in [-0.39, 0.29) is 0 Å².